The molecular weight excluding hydrogens is 386 g/mol. The molecule has 1 saturated heterocycles. The first kappa shape index (κ1) is 22.8. The number of aliphatic imine (C=N–C) groups is 1. The minimum Gasteiger partial charge on any atom is -0.352 e. The second kappa shape index (κ2) is 12.1. The highest BCUT2D eigenvalue weighted by atomic mass is 16.1. The van der Waals surface area contributed by atoms with E-state index in [1.807, 2.05) is 31.2 Å². The molecule has 0 aliphatic carbocycles. The number of nitrogens with one attached hydrogen (secondary N) is 3. The van der Waals surface area contributed by atoms with Gasteiger partial charge in [-0.25, -0.2) is 0 Å². The zero-order valence-corrected chi connectivity index (χ0v) is 18.8. The minimum absolute atomic E-state index is 0.0283. The molecule has 6 nitrogen and oxygen atoms in total. The van der Waals surface area contributed by atoms with Gasteiger partial charge < -0.3 is 16.0 Å². The predicted octanol–water partition coefficient (Wildman–Crippen LogP) is 3.29. The second-order valence-corrected chi connectivity index (χ2v) is 8.04. The van der Waals surface area contributed by atoms with Crippen molar-refractivity contribution in [1.29, 1.82) is 0 Å². The molecule has 166 valence electrons. The summed E-state index contributed by atoms with van der Waals surface area (Å²) in [6, 6.07) is 16.5. The van der Waals surface area contributed by atoms with Crippen molar-refractivity contribution in [2.45, 2.75) is 45.8 Å². The number of carbonyl (C=O) groups is 1. The summed E-state index contributed by atoms with van der Waals surface area (Å²) in [5, 5.41) is 9.60. The van der Waals surface area contributed by atoms with Crippen molar-refractivity contribution >= 4 is 11.9 Å². The summed E-state index contributed by atoms with van der Waals surface area (Å²) >= 11 is 0. The summed E-state index contributed by atoms with van der Waals surface area (Å²) in [6.07, 6.45) is 3.57. The first-order valence-electron chi connectivity index (χ1n) is 11.3. The van der Waals surface area contributed by atoms with Crippen molar-refractivity contribution in [2.24, 2.45) is 4.99 Å². The Hall–Kier alpha value is -2.86. The highest BCUT2D eigenvalue weighted by molar-refractivity contribution is 5.94. The Balaban J connectivity index is 1.46. The van der Waals surface area contributed by atoms with Crippen LogP contribution in [-0.4, -0.2) is 43.4 Å². The van der Waals surface area contributed by atoms with Gasteiger partial charge in [0.25, 0.3) is 5.91 Å². The minimum atomic E-state index is -0.0283. The van der Waals surface area contributed by atoms with Crippen molar-refractivity contribution in [3.63, 3.8) is 0 Å². The lowest BCUT2D eigenvalue weighted by atomic mass is 10.1. The van der Waals surface area contributed by atoms with Gasteiger partial charge in [0.15, 0.2) is 5.96 Å². The summed E-state index contributed by atoms with van der Waals surface area (Å²) in [7, 11) is 1.77. The summed E-state index contributed by atoms with van der Waals surface area (Å²) in [4.78, 5) is 19.0. The van der Waals surface area contributed by atoms with Crippen LogP contribution in [0.5, 0.6) is 0 Å². The van der Waals surface area contributed by atoms with Gasteiger partial charge in [-0.05, 0) is 61.2 Å². The van der Waals surface area contributed by atoms with E-state index in [4.69, 9.17) is 0 Å². The van der Waals surface area contributed by atoms with E-state index in [0.29, 0.717) is 25.2 Å². The van der Waals surface area contributed by atoms with Gasteiger partial charge in [-0.3, -0.25) is 14.7 Å². The Morgan fingerprint density at radius 1 is 0.935 bits per heavy atom. The zero-order valence-electron chi connectivity index (χ0n) is 18.8. The van der Waals surface area contributed by atoms with E-state index in [-0.39, 0.29) is 5.91 Å². The molecule has 1 fully saturated rings. The number of hydrogen-bond donors (Lipinski definition) is 3. The monoisotopic (exact) mass is 421 g/mol. The number of amides is 1. The molecular formula is C25H35N5O. The molecule has 0 spiro atoms. The summed E-state index contributed by atoms with van der Waals surface area (Å²) in [5.74, 6) is 0.710. The molecule has 0 radical (unpaired) electrons. The molecule has 0 bridgehead atoms. The fourth-order valence-corrected chi connectivity index (χ4v) is 3.72. The van der Waals surface area contributed by atoms with Crippen molar-refractivity contribution in [2.75, 3.05) is 26.7 Å². The van der Waals surface area contributed by atoms with Crippen LogP contribution in [0.15, 0.2) is 53.5 Å². The Morgan fingerprint density at radius 3 is 2.29 bits per heavy atom. The van der Waals surface area contributed by atoms with E-state index in [1.54, 1.807) is 7.05 Å². The molecule has 2 aromatic carbocycles. The van der Waals surface area contributed by atoms with Gasteiger partial charge in [-0.15, -0.1) is 0 Å². The number of rotatable bonds is 9. The number of carbonyl (C=O) groups excluding carboxylic acids is 1. The number of hydrogen-bond acceptors (Lipinski definition) is 3. The molecule has 1 aliphatic heterocycles. The third-order valence-corrected chi connectivity index (χ3v) is 5.50. The van der Waals surface area contributed by atoms with Crippen LogP contribution in [0.3, 0.4) is 0 Å². The van der Waals surface area contributed by atoms with Crippen molar-refractivity contribution in [3.8, 4) is 0 Å². The maximum atomic E-state index is 12.2. The van der Waals surface area contributed by atoms with E-state index in [0.717, 1.165) is 24.5 Å². The third kappa shape index (κ3) is 7.40. The topological polar surface area (TPSA) is 68.8 Å². The van der Waals surface area contributed by atoms with Gasteiger partial charge in [0.2, 0.25) is 0 Å². The summed E-state index contributed by atoms with van der Waals surface area (Å²) in [5.41, 5.74) is 4.32. The standard InChI is InChI=1S/C25H35N5O/c1-3-13-27-24(31)23-8-6-7-22(16-23)18-29-25(26-2)28-17-20-9-11-21(12-10-20)19-30-14-4-5-15-30/h6-12,16H,3-5,13-15,17-19H2,1-2H3,(H,27,31)(H2,26,28,29). The van der Waals surface area contributed by atoms with E-state index < -0.39 is 0 Å². The van der Waals surface area contributed by atoms with E-state index in [1.165, 1.54) is 37.1 Å². The molecule has 6 heteroatoms. The first-order chi connectivity index (χ1) is 15.2. The molecule has 3 N–H and O–H groups in total. The molecule has 1 amide bonds. The summed E-state index contributed by atoms with van der Waals surface area (Å²) < 4.78 is 0. The highest BCUT2D eigenvalue weighted by Gasteiger charge is 2.11. The molecule has 2 aromatic rings. The maximum absolute atomic E-state index is 12.2. The molecule has 0 aromatic heterocycles. The molecule has 0 saturated carbocycles. The number of nitrogens with zero attached hydrogens (tertiary/aromatic N) is 2. The number of benzene rings is 2. The average Bonchev–Trinajstić information content (AvgIpc) is 3.32. The van der Waals surface area contributed by atoms with Gasteiger partial charge in [0, 0.05) is 38.8 Å². The number of guanidine groups is 1. The molecule has 1 aliphatic rings. The van der Waals surface area contributed by atoms with Crippen LogP contribution in [0, 0.1) is 0 Å². The normalized spacial score (nSPS) is 14.5. The fraction of sp³-hybridized carbons (Fsp3) is 0.440. The van der Waals surface area contributed by atoms with Crippen molar-refractivity contribution < 1.29 is 4.79 Å². The number of likely N-dealkylation sites (tertiary alicyclic amines) is 1. The van der Waals surface area contributed by atoms with Gasteiger partial charge in [-0.2, -0.15) is 0 Å². The quantitative estimate of drug-likeness (QED) is 0.429. The van der Waals surface area contributed by atoms with Crippen LogP contribution in [0.2, 0.25) is 0 Å². The predicted molar refractivity (Wildman–Crippen MR) is 127 cm³/mol. The van der Waals surface area contributed by atoms with Crippen LogP contribution in [0.1, 0.15) is 53.2 Å². The van der Waals surface area contributed by atoms with Crippen LogP contribution >= 0.6 is 0 Å². The van der Waals surface area contributed by atoms with E-state index in [9.17, 15) is 4.79 Å². The highest BCUT2D eigenvalue weighted by Crippen LogP contribution is 2.13. The van der Waals surface area contributed by atoms with Crippen LogP contribution in [0.4, 0.5) is 0 Å². The van der Waals surface area contributed by atoms with Crippen LogP contribution < -0.4 is 16.0 Å². The van der Waals surface area contributed by atoms with Gasteiger partial charge >= 0.3 is 0 Å². The molecule has 1 heterocycles. The SMILES string of the molecule is CCCNC(=O)c1cccc(CNC(=NC)NCc2ccc(CN3CCCC3)cc2)c1. The lowest BCUT2D eigenvalue weighted by molar-refractivity contribution is 0.0953. The lowest BCUT2D eigenvalue weighted by Crippen LogP contribution is -2.36. The largest absolute Gasteiger partial charge is 0.352 e. The fourth-order valence-electron chi connectivity index (χ4n) is 3.72. The molecule has 31 heavy (non-hydrogen) atoms. The Bertz CT molecular complexity index is 856. The Kier molecular flexibility index (Phi) is 8.91. The van der Waals surface area contributed by atoms with Crippen molar-refractivity contribution in [1.82, 2.24) is 20.9 Å². The van der Waals surface area contributed by atoms with E-state index >= 15 is 0 Å². The maximum Gasteiger partial charge on any atom is 0.251 e. The van der Waals surface area contributed by atoms with Crippen LogP contribution in [0.25, 0.3) is 0 Å². The third-order valence-electron chi connectivity index (χ3n) is 5.50. The van der Waals surface area contributed by atoms with E-state index in [2.05, 4.69) is 50.1 Å². The van der Waals surface area contributed by atoms with Gasteiger partial charge in [0.05, 0.1) is 0 Å². The smallest absolute Gasteiger partial charge is 0.251 e. The van der Waals surface area contributed by atoms with Gasteiger partial charge in [-0.1, -0.05) is 43.3 Å². The van der Waals surface area contributed by atoms with Crippen LogP contribution in [-0.2, 0) is 19.6 Å². The van der Waals surface area contributed by atoms with Gasteiger partial charge in [0.1, 0.15) is 0 Å². The molecule has 0 atom stereocenters. The molecule has 3 rings (SSSR count). The Morgan fingerprint density at radius 2 is 1.61 bits per heavy atom. The average molecular weight is 422 g/mol. The molecule has 0 unspecified atom stereocenters. The first-order valence-corrected chi connectivity index (χ1v) is 11.3. The van der Waals surface area contributed by atoms with Crippen molar-refractivity contribution in [3.05, 3.63) is 70.8 Å². The zero-order chi connectivity index (χ0) is 21.9. The second-order valence-electron chi connectivity index (χ2n) is 8.04. The Labute approximate surface area is 186 Å². The summed E-state index contributed by atoms with van der Waals surface area (Å²) in [6.45, 7) is 7.54. The lowest BCUT2D eigenvalue weighted by Gasteiger charge is -2.15.